The Labute approximate surface area is 362 Å². The summed E-state index contributed by atoms with van der Waals surface area (Å²) in [7, 11) is 0. The van der Waals surface area contributed by atoms with Crippen LogP contribution in [0, 0.1) is 47.4 Å². The third kappa shape index (κ3) is 49.3. The maximum absolute atomic E-state index is 12.1. The predicted molar refractivity (Wildman–Crippen MR) is 253 cm³/mol. The van der Waals surface area contributed by atoms with E-state index in [0.717, 1.165) is 77.0 Å². The molecule has 330 valence electrons. The molecule has 0 aliphatic rings. The highest BCUT2D eigenvalue weighted by Crippen LogP contribution is 2.13. The Hall–Kier alpha value is -2.82. The summed E-state index contributed by atoms with van der Waals surface area (Å²) >= 11 is 0. The Bertz CT molecular complexity index is 1070. The summed E-state index contributed by atoms with van der Waals surface area (Å²) in [5.41, 5.74) is 0. The van der Waals surface area contributed by atoms with Crippen molar-refractivity contribution in [3.8, 4) is 47.4 Å². The molecule has 4 heteroatoms. The van der Waals surface area contributed by atoms with Crippen LogP contribution in [0.2, 0.25) is 0 Å². The number of hydrogen-bond donors (Lipinski definition) is 2. The lowest BCUT2D eigenvalue weighted by molar-refractivity contribution is -0.122. The zero-order valence-electron chi connectivity index (χ0n) is 38.5. The van der Waals surface area contributed by atoms with Crippen molar-refractivity contribution in [1.82, 2.24) is 10.6 Å². The van der Waals surface area contributed by atoms with E-state index < -0.39 is 0 Å². The molecule has 0 saturated carbocycles. The Morgan fingerprint density at radius 2 is 0.517 bits per heavy atom. The quantitative estimate of drug-likeness (QED) is 0.0478. The molecule has 0 unspecified atom stereocenters. The van der Waals surface area contributed by atoms with Gasteiger partial charge in [0.2, 0.25) is 11.8 Å². The molecule has 0 spiro atoms. The van der Waals surface area contributed by atoms with E-state index in [1.807, 2.05) is 0 Å². The first-order valence-corrected chi connectivity index (χ1v) is 25.2. The molecule has 0 bridgehead atoms. The molecular weight excluding hydrogens is 709 g/mol. The molecule has 58 heavy (non-hydrogen) atoms. The number of amides is 2. The molecule has 0 aliphatic carbocycles. The van der Waals surface area contributed by atoms with Gasteiger partial charge in [0.1, 0.15) is 0 Å². The van der Waals surface area contributed by atoms with Gasteiger partial charge in [0.05, 0.1) is 0 Å². The SMILES string of the molecule is CCCCCCCCCCCCC#CC#CCCCCCCCCC(=O)NCCCCNC(=O)CCCCCCCCC#CC#CCCCCCCCCCCCC. The van der Waals surface area contributed by atoms with E-state index in [1.54, 1.807) is 0 Å². The normalized spacial score (nSPS) is 10.3. The Balaban J connectivity index is 3.40. The second kappa shape index (κ2) is 50.3. The fourth-order valence-electron chi connectivity index (χ4n) is 7.12. The topological polar surface area (TPSA) is 58.2 Å². The van der Waals surface area contributed by atoms with Crippen LogP contribution in [-0.4, -0.2) is 24.9 Å². The summed E-state index contributed by atoms with van der Waals surface area (Å²) in [6.07, 6.45) is 47.8. The number of nitrogens with one attached hydrogen (secondary N) is 2. The van der Waals surface area contributed by atoms with E-state index in [0.29, 0.717) is 25.9 Å². The highest BCUT2D eigenvalue weighted by molar-refractivity contribution is 5.76. The predicted octanol–water partition coefficient (Wildman–Crippen LogP) is 14.9. The summed E-state index contributed by atoms with van der Waals surface area (Å²) in [4.78, 5) is 24.3. The van der Waals surface area contributed by atoms with Gasteiger partial charge in [-0.05, 0) is 75.0 Å². The molecule has 0 rings (SSSR count). The zero-order chi connectivity index (χ0) is 41.9. The smallest absolute Gasteiger partial charge is 0.219 e. The van der Waals surface area contributed by atoms with Gasteiger partial charge in [-0.25, -0.2) is 0 Å². The molecule has 0 aromatic carbocycles. The van der Waals surface area contributed by atoms with Crippen LogP contribution < -0.4 is 10.6 Å². The summed E-state index contributed by atoms with van der Waals surface area (Å²) in [5.74, 6) is 25.3. The second-order valence-electron chi connectivity index (χ2n) is 16.7. The average Bonchev–Trinajstić information content (AvgIpc) is 3.22. The molecule has 4 nitrogen and oxygen atoms in total. The number of rotatable bonds is 41. The van der Waals surface area contributed by atoms with Crippen LogP contribution >= 0.6 is 0 Å². The summed E-state index contributed by atoms with van der Waals surface area (Å²) in [6, 6.07) is 0. The molecule has 0 aromatic heterocycles. The van der Waals surface area contributed by atoms with Crippen molar-refractivity contribution in [1.29, 1.82) is 0 Å². The fourth-order valence-corrected chi connectivity index (χ4v) is 7.12. The van der Waals surface area contributed by atoms with Gasteiger partial charge in [0, 0.05) is 51.6 Å². The van der Waals surface area contributed by atoms with E-state index in [4.69, 9.17) is 0 Å². The first-order valence-electron chi connectivity index (χ1n) is 25.2. The van der Waals surface area contributed by atoms with E-state index in [9.17, 15) is 9.59 Å². The van der Waals surface area contributed by atoms with Crippen LogP contribution in [0.25, 0.3) is 0 Å². The number of carbonyl (C=O) groups is 2. The molecule has 0 radical (unpaired) electrons. The highest BCUT2D eigenvalue weighted by Gasteiger charge is 2.03. The fraction of sp³-hybridized carbons (Fsp3) is 0.815. The number of unbranched alkanes of at least 4 members (excludes halogenated alkanes) is 33. The first kappa shape index (κ1) is 55.2. The molecule has 0 fully saturated rings. The van der Waals surface area contributed by atoms with Gasteiger partial charge >= 0.3 is 0 Å². The van der Waals surface area contributed by atoms with Crippen LogP contribution in [0.1, 0.15) is 271 Å². The third-order valence-electron chi connectivity index (χ3n) is 10.9. The van der Waals surface area contributed by atoms with Crippen LogP contribution in [-0.2, 0) is 9.59 Å². The Morgan fingerprint density at radius 3 is 0.776 bits per heavy atom. The van der Waals surface area contributed by atoms with Crippen molar-refractivity contribution >= 4 is 11.8 Å². The Kier molecular flexibility index (Phi) is 47.9. The van der Waals surface area contributed by atoms with Crippen LogP contribution in [0.4, 0.5) is 0 Å². The van der Waals surface area contributed by atoms with Crippen molar-refractivity contribution in [3.05, 3.63) is 0 Å². The van der Waals surface area contributed by atoms with Crippen molar-refractivity contribution in [3.63, 3.8) is 0 Å². The molecular formula is C54H92N2O2. The second-order valence-corrected chi connectivity index (χ2v) is 16.7. The minimum absolute atomic E-state index is 0.154. The highest BCUT2D eigenvalue weighted by atomic mass is 16.2. The van der Waals surface area contributed by atoms with E-state index >= 15 is 0 Å². The van der Waals surface area contributed by atoms with Crippen LogP contribution in [0.5, 0.6) is 0 Å². The van der Waals surface area contributed by atoms with Crippen molar-refractivity contribution < 1.29 is 9.59 Å². The van der Waals surface area contributed by atoms with E-state index in [2.05, 4.69) is 71.8 Å². The molecule has 0 heterocycles. The standard InChI is InChI=1S/C54H92N2O2/c1-3-5-7-9-11-13-15-17-19-21-23-25-27-29-31-33-35-37-39-41-43-45-49-53(57)55-51-47-48-52-56-54(58)50-46-44-42-40-38-36-34-32-30-28-26-24-22-20-18-16-14-12-10-8-6-4-2/h3-24,33-52H2,1-2H3,(H,55,57)(H,56,58). The van der Waals surface area contributed by atoms with Gasteiger partial charge in [0.15, 0.2) is 0 Å². The summed E-state index contributed by atoms with van der Waals surface area (Å²) in [6.45, 7) is 5.94. The summed E-state index contributed by atoms with van der Waals surface area (Å²) < 4.78 is 0. The Morgan fingerprint density at radius 1 is 0.293 bits per heavy atom. The van der Waals surface area contributed by atoms with Gasteiger partial charge < -0.3 is 10.6 Å². The molecule has 0 aromatic rings. The van der Waals surface area contributed by atoms with Gasteiger partial charge in [-0.3, -0.25) is 9.59 Å². The van der Waals surface area contributed by atoms with Gasteiger partial charge in [-0.1, -0.05) is 204 Å². The lowest BCUT2D eigenvalue weighted by Crippen LogP contribution is -2.27. The third-order valence-corrected chi connectivity index (χ3v) is 10.9. The molecule has 0 saturated heterocycles. The van der Waals surface area contributed by atoms with E-state index in [-0.39, 0.29) is 11.8 Å². The monoisotopic (exact) mass is 801 g/mol. The van der Waals surface area contributed by atoms with Gasteiger partial charge in [-0.2, -0.15) is 0 Å². The average molecular weight is 801 g/mol. The van der Waals surface area contributed by atoms with Crippen molar-refractivity contribution in [2.75, 3.05) is 13.1 Å². The van der Waals surface area contributed by atoms with Crippen molar-refractivity contribution in [2.24, 2.45) is 0 Å². The molecule has 2 N–H and O–H groups in total. The van der Waals surface area contributed by atoms with Gasteiger partial charge in [-0.15, -0.1) is 0 Å². The molecule has 0 atom stereocenters. The lowest BCUT2D eigenvalue weighted by Gasteiger charge is -2.07. The zero-order valence-corrected chi connectivity index (χ0v) is 38.5. The number of carbonyl (C=O) groups excluding carboxylic acids is 2. The van der Waals surface area contributed by atoms with E-state index in [1.165, 1.54) is 167 Å². The molecule has 0 aliphatic heterocycles. The van der Waals surface area contributed by atoms with Crippen molar-refractivity contribution in [2.45, 2.75) is 271 Å². The minimum Gasteiger partial charge on any atom is -0.356 e. The van der Waals surface area contributed by atoms with Gasteiger partial charge in [0.25, 0.3) is 0 Å². The van der Waals surface area contributed by atoms with Crippen LogP contribution in [0.15, 0.2) is 0 Å². The first-order chi connectivity index (χ1) is 28.7. The summed E-state index contributed by atoms with van der Waals surface area (Å²) in [5, 5.41) is 6.07. The largest absolute Gasteiger partial charge is 0.356 e. The maximum atomic E-state index is 12.1. The molecule has 2 amide bonds. The lowest BCUT2D eigenvalue weighted by atomic mass is 10.1. The van der Waals surface area contributed by atoms with Crippen LogP contribution in [0.3, 0.4) is 0 Å². The maximum Gasteiger partial charge on any atom is 0.219 e. The number of hydrogen-bond acceptors (Lipinski definition) is 2. The minimum atomic E-state index is 0.154.